The van der Waals surface area contributed by atoms with Gasteiger partial charge in [-0.2, -0.15) is 0 Å². The van der Waals surface area contributed by atoms with Crippen LogP contribution in [0.3, 0.4) is 0 Å². The second-order valence-corrected chi connectivity index (χ2v) is 12.0. The Morgan fingerprint density at radius 3 is 2.67 bits per heavy atom. The number of benzene rings is 1. The minimum atomic E-state index is -3.67. The fraction of sp³-hybridized carbons (Fsp3) is 0.545. The average Bonchev–Trinajstić information content (AvgIpc) is 3.21. The van der Waals surface area contributed by atoms with E-state index in [9.17, 15) is 13.2 Å². The van der Waals surface area contributed by atoms with Crippen LogP contribution < -0.4 is 4.72 Å². The van der Waals surface area contributed by atoms with E-state index in [1.165, 1.54) is 11.3 Å². The Morgan fingerprint density at radius 1 is 1.20 bits per heavy atom. The maximum atomic E-state index is 12.7. The van der Waals surface area contributed by atoms with Crippen molar-refractivity contribution >= 4 is 32.5 Å². The molecular formula is C22H26N2O4S2. The van der Waals surface area contributed by atoms with Crippen LogP contribution in [0.2, 0.25) is 0 Å². The fourth-order valence-electron chi connectivity index (χ4n) is 5.90. The highest BCUT2D eigenvalue weighted by Gasteiger charge is 2.58. The summed E-state index contributed by atoms with van der Waals surface area (Å²) in [4.78, 5) is 18.3. The van der Waals surface area contributed by atoms with Gasteiger partial charge in [0.05, 0.1) is 16.5 Å². The summed E-state index contributed by atoms with van der Waals surface area (Å²) in [6, 6.07) is 8.34. The second kappa shape index (κ2) is 6.79. The monoisotopic (exact) mass is 446 g/mol. The van der Waals surface area contributed by atoms with E-state index in [0.29, 0.717) is 5.13 Å². The molecule has 1 aromatic heterocycles. The zero-order chi connectivity index (χ0) is 21.3. The second-order valence-electron chi connectivity index (χ2n) is 9.28. The normalized spacial score (nSPS) is 35.2. The largest absolute Gasteiger partial charge is 0.461 e. The van der Waals surface area contributed by atoms with Gasteiger partial charge in [0.1, 0.15) is 6.10 Å². The van der Waals surface area contributed by atoms with E-state index < -0.39 is 10.0 Å². The summed E-state index contributed by atoms with van der Waals surface area (Å²) in [5, 5.41) is 0.409. The Kier molecular flexibility index (Phi) is 4.52. The molecule has 2 heterocycles. The van der Waals surface area contributed by atoms with Crippen LogP contribution in [0.25, 0.3) is 0 Å². The number of thiazole rings is 1. The number of hydrogen-bond acceptors (Lipinski definition) is 6. The SMILES string of the molecule is C[C@@H]1C(=O)O[C@@H]2[C@H]1CC[C@]1(C)Cc3sc(NS(=O)(=O)c4ccccc4)nc3[C@H](C)[C@H]21. The summed E-state index contributed by atoms with van der Waals surface area (Å²) in [6.45, 7) is 6.42. The number of fused-ring (bicyclic) bond motifs is 4. The van der Waals surface area contributed by atoms with Crippen LogP contribution in [0.5, 0.6) is 0 Å². The topological polar surface area (TPSA) is 85.4 Å². The van der Waals surface area contributed by atoms with Crippen molar-refractivity contribution in [3.63, 3.8) is 0 Å². The van der Waals surface area contributed by atoms with Crippen molar-refractivity contribution in [2.75, 3.05) is 4.72 Å². The first-order valence-electron chi connectivity index (χ1n) is 10.5. The molecule has 1 aliphatic heterocycles. The van der Waals surface area contributed by atoms with E-state index in [4.69, 9.17) is 9.72 Å². The molecule has 0 radical (unpaired) electrons. The van der Waals surface area contributed by atoms with Crippen LogP contribution in [-0.4, -0.2) is 25.5 Å². The smallest absolute Gasteiger partial charge is 0.309 e. The lowest BCUT2D eigenvalue weighted by Crippen LogP contribution is -2.50. The van der Waals surface area contributed by atoms with Gasteiger partial charge >= 0.3 is 5.97 Å². The Bertz CT molecular complexity index is 1100. The third-order valence-electron chi connectivity index (χ3n) is 7.43. The van der Waals surface area contributed by atoms with Gasteiger partial charge in [-0.3, -0.25) is 9.52 Å². The summed E-state index contributed by atoms with van der Waals surface area (Å²) in [6.07, 6.45) is 2.82. The lowest BCUT2D eigenvalue weighted by molar-refractivity contribution is -0.149. The van der Waals surface area contributed by atoms with E-state index in [-0.39, 0.29) is 46.1 Å². The zero-order valence-electron chi connectivity index (χ0n) is 17.3. The summed E-state index contributed by atoms with van der Waals surface area (Å²) in [5.41, 5.74) is 0.976. The Labute approximate surface area is 181 Å². The molecule has 0 unspecified atom stereocenters. The number of anilines is 1. The Balaban J connectivity index is 1.47. The molecule has 160 valence electrons. The van der Waals surface area contributed by atoms with Gasteiger partial charge in [-0.1, -0.05) is 39.0 Å². The van der Waals surface area contributed by atoms with Crippen LogP contribution in [0, 0.1) is 23.2 Å². The first-order valence-corrected chi connectivity index (χ1v) is 12.8. The van der Waals surface area contributed by atoms with Crippen molar-refractivity contribution in [3.8, 4) is 0 Å². The molecule has 8 heteroatoms. The summed E-state index contributed by atoms with van der Waals surface area (Å²) in [7, 11) is -3.67. The lowest BCUT2D eigenvalue weighted by Gasteiger charge is -2.51. The molecule has 0 spiro atoms. The van der Waals surface area contributed by atoms with Gasteiger partial charge in [0.15, 0.2) is 5.13 Å². The maximum absolute atomic E-state index is 12.7. The van der Waals surface area contributed by atoms with Gasteiger partial charge in [-0.15, -0.1) is 11.3 Å². The lowest BCUT2D eigenvalue weighted by atomic mass is 9.54. The van der Waals surface area contributed by atoms with Crippen LogP contribution in [0.4, 0.5) is 5.13 Å². The number of rotatable bonds is 3. The van der Waals surface area contributed by atoms with E-state index in [2.05, 4.69) is 18.6 Å². The molecule has 2 fully saturated rings. The molecule has 5 rings (SSSR count). The van der Waals surface area contributed by atoms with Crippen molar-refractivity contribution in [2.24, 2.45) is 23.2 Å². The molecule has 3 aliphatic rings. The predicted molar refractivity (Wildman–Crippen MR) is 115 cm³/mol. The molecule has 2 aliphatic carbocycles. The minimum Gasteiger partial charge on any atom is -0.461 e. The molecule has 6 atom stereocenters. The average molecular weight is 447 g/mol. The summed E-state index contributed by atoms with van der Waals surface area (Å²) in [5.74, 6) is 0.460. The number of carbonyl (C=O) groups is 1. The van der Waals surface area contributed by atoms with Crippen molar-refractivity contribution in [3.05, 3.63) is 40.9 Å². The predicted octanol–water partition coefficient (Wildman–Crippen LogP) is 4.20. The number of nitrogens with one attached hydrogen (secondary N) is 1. The molecule has 1 N–H and O–H groups in total. The van der Waals surface area contributed by atoms with Gasteiger partial charge in [-0.05, 0) is 36.8 Å². The Hall–Kier alpha value is -1.93. The third kappa shape index (κ3) is 2.99. The number of sulfonamides is 1. The zero-order valence-corrected chi connectivity index (χ0v) is 18.9. The highest BCUT2D eigenvalue weighted by atomic mass is 32.2. The minimum absolute atomic E-state index is 0.0278. The molecule has 2 aromatic rings. The number of nitrogens with zero attached hydrogens (tertiary/aromatic N) is 1. The molecule has 1 saturated carbocycles. The molecule has 6 nitrogen and oxygen atoms in total. The van der Waals surface area contributed by atoms with Gasteiger partial charge in [0.25, 0.3) is 10.0 Å². The molecule has 30 heavy (non-hydrogen) atoms. The highest BCUT2D eigenvalue weighted by molar-refractivity contribution is 7.93. The van der Waals surface area contributed by atoms with Crippen molar-refractivity contribution < 1.29 is 17.9 Å². The maximum Gasteiger partial charge on any atom is 0.309 e. The summed E-state index contributed by atoms with van der Waals surface area (Å²) < 4.78 is 34.0. The third-order valence-corrected chi connectivity index (χ3v) is 9.90. The van der Waals surface area contributed by atoms with Crippen LogP contribution in [-0.2, 0) is 26.0 Å². The molecule has 1 aromatic carbocycles. The Morgan fingerprint density at radius 2 is 1.93 bits per heavy atom. The van der Waals surface area contributed by atoms with Gasteiger partial charge in [0, 0.05) is 22.6 Å². The van der Waals surface area contributed by atoms with E-state index in [1.807, 2.05) is 6.92 Å². The standard InChI is InChI=1S/C22H26N2O4S2/c1-12-15-9-10-22(3)11-16-18(13(2)17(22)19(15)28-20(12)25)23-21(29-16)24-30(26,27)14-7-5-4-6-8-14/h4-8,12-13,15,17,19H,9-11H2,1-3H3,(H,23,24)/t12-,13+,15-,17+,19+,22+/m0/s1. The molecule has 1 saturated heterocycles. The quantitative estimate of drug-likeness (QED) is 0.715. The van der Waals surface area contributed by atoms with Crippen molar-refractivity contribution in [2.45, 2.75) is 57.0 Å². The number of hydrogen-bond donors (Lipinski definition) is 1. The van der Waals surface area contributed by atoms with E-state index >= 15 is 0 Å². The highest BCUT2D eigenvalue weighted by Crippen LogP contribution is 2.59. The van der Waals surface area contributed by atoms with Crippen LogP contribution in [0.1, 0.15) is 50.1 Å². The van der Waals surface area contributed by atoms with Crippen molar-refractivity contribution in [1.29, 1.82) is 0 Å². The number of esters is 1. The molecule has 0 bridgehead atoms. The van der Waals surface area contributed by atoms with Gasteiger partial charge < -0.3 is 4.74 Å². The number of aromatic nitrogens is 1. The summed E-state index contributed by atoms with van der Waals surface area (Å²) >= 11 is 1.43. The van der Waals surface area contributed by atoms with Crippen LogP contribution >= 0.6 is 11.3 Å². The molecular weight excluding hydrogens is 420 g/mol. The number of carbonyl (C=O) groups excluding carboxylic acids is 1. The fourth-order valence-corrected chi connectivity index (χ4v) is 8.42. The first kappa shape index (κ1) is 20.0. The van der Waals surface area contributed by atoms with Gasteiger partial charge in [0.2, 0.25) is 0 Å². The van der Waals surface area contributed by atoms with Crippen LogP contribution in [0.15, 0.2) is 35.2 Å². The van der Waals surface area contributed by atoms with Crippen molar-refractivity contribution in [1.82, 2.24) is 4.98 Å². The molecule has 0 amide bonds. The van der Waals surface area contributed by atoms with E-state index in [1.54, 1.807) is 30.3 Å². The van der Waals surface area contributed by atoms with Gasteiger partial charge in [-0.25, -0.2) is 13.4 Å². The first-order chi connectivity index (χ1) is 14.2. The number of ether oxygens (including phenoxy) is 1. The van der Waals surface area contributed by atoms with E-state index in [0.717, 1.165) is 29.8 Å².